The topological polar surface area (TPSA) is 95.3 Å². The highest BCUT2D eigenvalue weighted by Gasteiger charge is 2.38. The molecule has 3 N–H and O–H groups in total. The fourth-order valence-corrected chi connectivity index (χ4v) is 3.51. The molecule has 1 aliphatic heterocycles. The van der Waals surface area contributed by atoms with E-state index in [1.807, 2.05) is 22.6 Å². The van der Waals surface area contributed by atoms with Crippen molar-refractivity contribution >= 4 is 34.4 Å². The first-order valence-corrected chi connectivity index (χ1v) is 7.12. The Bertz CT molecular complexity index is 596. The van der Waals surface area contributed by atoms with E-state index in [1.165, 1.54) is 22.5 Å². The van der Waals surface area contributed by atoms with Crippen molar-refractivity contribution in [3.05, 3.63) is 42.8 Å². The van der Waals surface area contributed by atoms with Gasteiger partial charge in [-0.1, -0.05) is 6.58 Å². The number of aromatic nitrogens is 2. The van der Waals surface area contributed by atoms with Crippen molar-refractivity contribution in [2.45, 2.75) is 16.7 Å². The number of rotatable bonds is 2. The van der Waals surface area contributed by atoms with Crippen LogP contribution in [0.25, 0.3) is 0 Å². The molecule has 0 amide bonds. The summed E-state index contributed by atoms with van der Waals surface area (Å²) in [6, 6.07) is 0. The molecule has 98 valence electrons. The van der Waals surface area contributed by atoms with Crippen LogP contribution in [0.5, 0.6) is 0 Å². The van der Waals surface area contributed by atoms with Crippen LogP contribution in [0.15, 0.2) is 27.9 Å². The highest BCUT2D eigenvalue weighted by molar-refractivity contribution is 14.1. The molecule has 1 saturated heterocycles. The van der Waals surface area contributed by atoms with E-state index in [0.717, 1.165) is 0 Å². The second-order valence-corrected chi connectivity index (χ2v) is 6.36. The van der Waals surface area contributed by atoms with Crippen LogP contribution in [0.2, 0.25) is 0 Å². The van der Waals surface area contributed by atoms with Crippen molar-refractivity contribution in [1.29, 1.82) is 0 Å². The number of aromatic amines is 1. The number of aliphatic hydroxyl groups excluding tert-OH is 2. The fourth-order valence-electron chi connectivity index (χ4n) is 1.73. The zero-order valence-electron chi connectivity index (χ0n) is 9.17. The Morgan fingerprint density at radius 3 is 2.78 bits per heavy atom. The molecule has 1 aliphatic rings. The largest absolute Gasteiger partial charge is 0.395 e. The summed E-state index contributed by atoms with van der Waals surface area (Å²) in [6.45, 7) is 3.55. The van der Waals surface area contributed by atoms with E-state index in [-0.39, 0.29) is 6.61 Å². The van der Waals surface area contributed by atoms with Crippen LogP contribution in [0.4, 0.5) is 0 Å². The summed E-state index contributed by atoms with van der Waals surface area (Å²) < 4.78 is 1.69. The molecule has 8 heteroatoms. The van der Waals surface area contributed by atoms with E-state index in [4.69, 9.17) is 5.11 Å². The number of aliphatic hydroxyl groups is 2. The van der Waals surface area contributed by atoms with E-state index in [1.54, 1.807) is 0 Å². The maximum atomic E-state index is 11.7. The SMILES string of the molecule is C=C1[C@H](n2cc(I)c(=O)[nH]c2=O)S[C@H](CO)[C@H]1O. The average Bonchev–Trinajstić information content (AvgIpc) is 2.61. The Morgan fingerprint density at radius 1 is 1.56 bits per heavy atom. The molecular formula is C10H11IN2O4S. The van der Waals surface area contributed by atoms with Crippen LogP contribution in [0.1, 0.15) is 5.37 Å². The third kappa shape index (κ3) is 2.29. The van der Waals surface area contributed by atoms with E-state index < -0.39 is 28.0 Å². The number of nitrogens with one attached hydrogen (secondary N) is 1. The van der Waals surface area contributed by atoms with Gasteiger partial charge in [0.2, 0.25) is 0 Å². The minimum Gasteiger partial charge on any atom is -0.395 e. The monoisotopic (exact) mass is 382 g/mol. The molecule has 18 heavy (non-hydrogen) atoms. The first-order chi connectivity index (χ1) is 8.45. The molecule has 0 spiro atoms. The number of thioether (sulfide) groups is 1. The van der Waals surface area contributed by atoms with Crippen LogP contribution >= 0.6 is 34.4 Å². The van der Waals surface area contributed by atoms with Gasteiger partial charge in [-0.15, -0.1) is 11.8 Å². The summed E-state index contributed by atoms with van der Waals surface area (Å²) >= 11 is 3.07. The molecule has 1 aromatic heterocycles. The Balaban J connectivity index is 2.45. The van der Waals surface area contributed by atoms with Gasteiger partial charge in [-0.3, -0.25) is 14.3 Å². The third-order valence-electron chi connectivity index (χ3n) is 2.71. The summed E-state index contributed by atoms with van der Waals surface area (Å²) in [6.07, 6.45) is 0.568. The van der Waals surface area contributed by atoms with Gasteiger partial charge in [-0.05, 0) is 28.2 Å². The first kappa shape index (κ1) is 13.8. The molecule has 0 bridgehead atoms. The van der Waals surface area contributed by atoms with Gasteiger partial charge in [0, 0.05) is 6.20 Å². The highest BCUT2D eigenvalue weighted by Crippen LogP contribution is 2.43. The molecule has 0 radical (unpaired) electrons. The standard InChI is InChI=1S/C10H11IN2O4S/c1-4-7(15)6(3-14)18-9(4)13-2-5(11)8(16)12-10(13)17/h2,6-7,9,14-15H,1,3H2,(H,12,16,17)/t6-,7+,9-/m1/s1. The van der Waals surface area contributed by atoms with Gasteiger partial charge in [0.15, 0.2) is 0 Å². The van der Waals surface area contributed by atoms with Crippen molar-refractivity contribution in [3.8, 4) is 0 Å². The number of halogens is 1. The first-order valence-electron chi connectivity index (χ1n) is 5.09. The van der Waals surface area contributed by atoms with Crippen molar-refractivity contribution in [3.63, 3.8) is 0 Å². The smallest absolute Gasteiger partial charge is 0.329 e. The molecule has 1 fully saturated rings. The van der Waals surface area contributed by atoms with Gasteiger partial charge < -0.3 is 10.2 Å². The van der Waals surface area contributed by atoms with Crippen molar-refractivity contribution in [2.24, 2.45) is 0 Å². The second-order valence-electron chi connectivity index (χ2n) is 3.87. The van der Waals surface area contributed by atoms with Gasteiger partial charge >= 0.3 is 5.69 Å². The van der Waals surface area contributed by atoms with Crippen LogP contribution in [0.3, 0.4) is 0 Å². The Labute approximate surface area is 120 Å². The lowest BCUT2D eigenvalue weighted by atomic mass is 10.1. The second kappa shape index (κ2) is 5.19. The van der Waals surface area contributed by atoms with Gasteiger partial charge in [-0.2, -0.15) is 0 Å². The average molecular weight is 382 g/mol. The molecule has 0 aromatic carbocycles. The predicted molar refractivity (Wildman–Crippen MR) is 76.7 cm³/mol. The highest BCUT2D eigenvalue weighted by atomic mass is 127. The number of hydrogen-bond donors (Lipinski definition) is 3. The normalized spacial score (nSPS) is 27.7. The zero-order valence-corrected chi connectivity index (χ0v) is 12.1. The maximum Gasteiger partial charge on any atom is 0.329 e. The van der Waals surface area contributed by atoms with Gasteiger partial charge in [0.1, 0.15) is 5.37 Å². The van der Waals surface area contributed by atoms with Crippen molar-refractivity contribution < 1.29 is 10.2 Å². The summed E-state index contributed by atoms with van der Waals surface area (Å²) in [7, 11) is 0. The Kier molecular flexibility index (Phi) is 3.99. The van der Waals surface area contributed by atoms with Crippen LogP contribution in [-0.2, 0) is 0 Å². The van der Waals surface area contributed by atoms with E-state index >= 15 is 0 Å². The lowest BCUT2D eigenvalue weighted by molar-refractivity contribution is 0.172. The molecule has 3 atom stereocenters. The van der Waals surface area contributed by atoms with Gasteiger partial charge in [-0.25, -0.2) is 4.79 Å². The molecule has 2 heterocycles. The molecule has 0 saturated carbocycles. The van der Waals surface area contributed by atoms with Crippen LogP contribution in [-0.4, -0.2) is 37.7 Å². The Morgan fingerprint density at radius 2 is 2.22 bits per heavy atom. The Hall–Kier alpha value is -0.580. The molecule has 2 rings (SSSR count). The van der Waals surface area contributed by atoms with Gasteiger partial charge in [0.05, 0.1) is 21.5 Å². The predicted octanol–water partition coefficient (Wildman–Crippen LogP) is -0.335. The summed E-state index contributed by atoms with van der Waals surface area (Å²) in [5.41, 5.74) is -0.543. The zero-order chi connectivity index (χ0) is 13.4. The van der Waals surface area contributed by atoms with E-state index in [2.05, 4.69) is 11.6 Å². The molecule has 1 aromatic rings. The summed E-state index contributed by atoms with van der Waals surface area (Å²) in [5, 5.41) is 18.1. The number of hydrogen-bond acceptors (Lipinski definition) is 5. The van der Waals surface area contributed by atoms with Crippen LogP contribution < -0.4 is 11.2 Å². The lowest BCUT2D eigenvalue weighted by Gasteiger charge is -2.14. The van der Waals surface area contributed by atoms with E-state index in [0.29, 0.717) is 9.14 Å². The minimum absolute atomic E-state index is 0.198. The number of H-pyrrole nitrogens is 1. The third-order valence-corrected chi connectivity index (χ3v) is 5.02. The van der Waals surface area contributed by atoms with Gasteiger partial charge in [0.25, 0.3) is 5.56 Å². The van der Waals surface area contributed by atoms with Crippen LogP contribution in [0, 0.1) is 3.57 Å². The van der Waals surface area contributed by atoms with Crippen molar-refractivity contribution in [1.82, 2.24) is 9.55 Å². The minimum atomic E-state index is -0.860. The quantitative estimate of drug-likeness (QED) is 0.481. The maximum absolute atomic E-state index is 11.7. The van der Waals surface area contributed by atoms with Crippen molar-refractivity contribution in [2.75, 3.05) is 6.61 Å². The molecule has 6 nitrogen and oxygen atoms in total. The fraction of sp³-hybridized carbons (Fsp3) is 0.400. The molecule has 0 aliphatic carbocycles. The summed E-state index contributed by atoms with van der Waals surface area (Å²) in [4.78, 5) is 25.2. The number of nitrogens with zero attached hydrogens (tertiary/aromatic N) is 1. The molecular weight excluding hydrogens is 371 g/mol. The van der Waals surface area contributed by atoms with E-state index in [9.17, 15) is 14.7 Å². The lowest BCUT2D eigenvalue weighted by Crippen LogP contribution is -2.32. The summed E-state index contributed by atoms with van der Waals surface area (Å²) in [5.74, 6) is 0. The molecule has 0 unspecified atom stereocenters.